The number of carbonyl (C=O) groups is 1. The van der Waals surface area contributed by atoms with E-state index in [0.29, 0.717) is 51.6 Å². The summed E-state index contributed by atoms with van der Waals surface area (Å²) >= 11 is 0. The molecule has 25 heavy (non-hydrogen) atoms. The average molecular weight is 368 g/mol. The highest BCUT2D eigenvalue weighted by atomic mass is 32.2. The lowest BCUT2D eigenvalue weighted by Gasteiger charge is -2.23. The Morgan fingerprint density at radius 1 is 1.08 bits per heavy atom. The Morgan fingerprint density at radius 2 is 1.76 bits per heavy atom. The number of benzene rings is 1. The first kappa shape index (κ1) is 18.0. The summed E-state index contributed by atoms with van der Waals surface area (Å²) < 4.78 is 36.0. The maximum absolute atomic E-state index is 12.7. The molecular weight excluding hydrogens is 344 g/mol. The van der Waals surface area contributed by atoms with Crippen LogP contribution in [0.2, 0.25) is 0 Å². The zero-order chi connectivity index (χ0) is 18.0. The van der Waals surface area contributed by atoms with E-state index >= 15 is 0 Å². The van der Waals surface area contributed by atoms with E-state index in [1.54, 1.807) is 4.90 Å². The molecule has 2 aliphatic rings. The Labute approximate surface area is 148 Å². The Balaban J connectivity index is 1.68. The number of hydrogen-bond acceptors (Lipinski definition) is 5. The van der Waals surface area contributed by atoms with Gasteiger partial charge < -0.3 is 14.4 Å². The molecule has 0 radical (unpaired) electrons. The predicted molar refractivity (Wildman–Crippen MR) is 93.5 cm³/mol. The summed E-state index contributed by atoms with van der Waals surface area (Å²) in [6.45, 7) is 4.82. The van der Waals surface area contributed by atoms with Crippen molar-refractivity contribution < 1.29 is 22.7 Å². The van der Waals surface area contributed by atoms with Gasteiger partial charge in [-0.1, -0.05) is 0 Å². The minimum Gasteiger partial charge on any atom is -0.486 e. The number of ether oxygens (including phenoxy) is 2. The highest BCUT2D eigenvalue weighted by Crippen LogP contribution is 2.33. The SMILES string of the molecule is Cc1cc2c(cc1CC(=O)N1CCCN(S(C)(=O)=O)CC1)OCCO2. The number of carbonyl (C=O) groups excluding carboxylic acids is 1. The summed E-state index contributed by atoms with van der Waals surface area (Å²) in [5.41, 5.74) is 1.91. The third-order valence-corrected chi connectivity index (χ3v) is 5.92. The van der Waals surface area contributed by atoms with Gasteiger partial charge in [-0.2, -0.15) is 0 Å². The highest BCUT2D eigenvalue weighted by molar-refractivity contribution is 7.88. The summed E-state index contributed by atoms with van der Waals surface area (Å²) in [5, 5.41) is 0. The summed E-state index contributed by atoms with van der Waals surface area (Å²) in [6.07, 6.45) is 2.14. The van der Waals surface area contributed by atoms with Crippen molar-refractivity contribution in [3.63, 3.8) is 0 Å². The molecule has 0 aliphatic carbocycles. The maximum Gasteiger partial charge on any atom is 0.227 e. The van der Waals surface area contributed by atoms with Crippen molar-refractivity contribution in [1.82, 2.24) is 9.21 Å². The van der Waals surface area contributed by atoms with Gasteiger partial charge in [0.1, 0.15) is 13.2 Å². The van der Waals surface area contributed by atoms with Gasteiger partial charge >= 0.3 is 0 Å². The molecule has 0 atom stereocenters. The Hall–Kier alpha value is -1.80. The van der Waals surface area contributed by atoms with E-state index < -0.39 is 10.0 Å². The number of sulfonamides is 1. The molecule has 0 unspecified atom stereocenters. The normalized spacial score (nSPS) is 18.7. The molecule has 7 nitrogen and oxygen atoms in total. The molecule has 1 aromatic rings. The zero-order valence-corrected chi connectivity index (χ0v) is 15.5. The first-order chi connectivity index (χ1) is 11.8. The summed E-state index contributed by atoms with van der Waals surface area (Å²) in [4.78, 5) is 14.4. The van der Waals surface area contributed by atoms with Crippen molar-refractivity contribution in [2.45, 2.75) is 19.8 Å². The molecule has 1 amide bonds. The third kappa shape index (κ3) is 4.24. The molecule has 138 valence electrons. The minimum atomic E-state index is -3.21. The van der Waals surface area contributed by atoms with Crippen LogP contribution in [0.25, 0.3) is 0 Å². The lowest BCUT2D eigenvalue weighted by Crippen LogP contribution is -2.37. The van der Waals surface area contributed by atoms with Crippen LogP contribution in [0.4, 0.5) is 0 Å². The largest absolute Gasteiger partial charge is 0.486 e. The second-order valence-electron chi connectivity index (χ2n) is 6.50. The van der Waals surface area contributed by atoms with Crippen LogP contribution in [0, 0.1) is 6.92 Å². The van der Waals surface area contributed by atoms with Crippen molar-refractivity contribution in [2.75, 3.05) is 45.6 Å². The fourth-order valence-corrected chi connectivity index (χ4v) is 4.05. The van der Waals surface area contributed by atoms with Crippen LogP contribution >= 0.6 is 0 Å². The van der Waals surface area contributed by atoms with Crippen molar-refractivity contribution in [1.29, 1.82) is 0 Å². The van der Waals surface area contributed by atoms with Crippen LogP contribution < -0.4 is 9.47 Å². The number of hydrogen-bond donors (Lipinski definition) is 0. The minimum absolute atomic E-state index is 0.00938. The Bertz CT molecular complexity index is 763. The van der Waals surface area contributed by atoms with E-state index in [2.05, 4.69) is 0 Å². The van der Waals surface area contributed by atoms with Crippen molar-refractivity contribution >= 4 is 15.9 Å². The number of rotatable bonds is 3. The summed E-state index contributed by atoms with van der Waals surface area (Å²) in [5.74, 6) is 1.41. The smallest absolute Gasteiger partial charge is 0.227 e. The van der Waals surface area contributed by atoms with Gasteiger partial charge in [0, 0.05) is 26.2 Å². The Kier molecular flexibility index (Phi) is 5.19. The van der Waals surface area contributed by atoms with Crippen LogP contribution in [0.15, 0.2) is 12.1 Å². The monoisotopic (exact) mass is 368 g/mol. The van der Waals surface area contributed by atoms with Gasteiger partial charge in [0.25, 0.3) is 0 Å². The molecular formula is C17H24N2O5S. The van der Waals surface area contributed by atoms with E-state index in [1.807, 2.05) is 19.1 Å². The number of nitrogens with zero attached hydrogens (tertiary/aromatic N) is 2. The molecule has 1 saturated heterocycles. The van der Waals surface area contributed by atoms with Crippen molar-refractivity contribution in [3.8, 4) is 11.5 Å². The van der Waals surface area contributed by atoms with Gasteiger partial charge in [-0.3, -0.25) is 4.79 Å². The molecule has 1 fully saturated rings. The van der Waals surface area contributed by atoms with E-state index in [9.17, 15) is 13.2 Å². The fraction of sp³-hybridized carbons (Fsp3) is 0.588. The molecule has 0 spiro atoms. The van der Waals surface area contributed by atoms with Gasteiger partial charge in [-0.25, -0.2) is 12.7 Å². The second kappa shape index (κ2) is 7.21. The van der Waals surface area contributed by atoms with Crippen LogP contribution in [0.1, 0.15) is 17.5 Å². The van der Waals surface area contributed by atoms with Gasteiger partial charge in [-0.05, 0) is 36.6 Å². The second-order valence-corrected chi connectivity index (χ2v) is 8.48. The van der Waals surface area contributed by atoms with Crippen LogP contribution in [0.5, 0.6) is 11.5 Å². The predicted octanol–water partition coefficient (Wildman–Crippen LogP) is 0.803. The van der Waals surface area contributed by atoms with Crippen LogP contribution in [-0.2, 0) is 21.2 Å². The number of amides is 1. The lowest BCUT2D eigenvalue weighted by atomic mass is 10.0. The molecule has 3 rings (SSSR count). The summed E-state index contributed by atoms with van der Waals surface area (Å²) in [6, 6.07) is 3.78. The molecule has 0 bridgehead atoms. The van der Waals surface area contributed by atoms with Gasteiger partial charge in [0.15, 0.2) is 11.5 Å². The standard InChI is InChI=1S/C17H24N2O5S/c1-13-10-15-16(24-9-8-23-15)11-14(13)12-17(20)18-4-3-5-19(7-6-18)25(2,21)22/h10-11H,3-9,12H2,1-2H3. The molecule has 0 N–H and O–H groups in total. The maximum atomic E-state index is 12.7. The molecule has 2 heterocycles. The molecule has 0 aromatic heterocycles. The van der Waals surface area contributed by atoms with Crippen molar-refractivity contribution in [2.24, 2.45) is 0 Å². The van der Waals surface area contributed by atoms with E-state index in [-0.39, 0.29) is 12.3 Å². The number of aryl methyl sites for hydroxylation is 1. The van der Waals surface area contributed by atoms with Gasteiger partial charge in [-0.15, -0.1) is 0 Å². The lowest BCUT2D eigenvalue weighted by molar-refractivity contribution is -0.130. The zero-order valence-electron chi connectivity index (χ0n) is 14.7. The van der Waals surface area contributed by atoms with Gasteiger partial charge in [0.2, 0.25) is 15.9 Å². The molecule has 0 saturated carbocycles. The topological polar surface area (TPSA) is 76.2 Å². The van der Waals surface area contributed by atoms with E-state index in [0.717, 1.165) is 16.9 Å². The Morgan fingerprint density at radius 3 is 2.44 bits per heavy atom. The highest BCUT2D eigenvalue weighted by Gasteiger charge is 2.24. The quantitative estimate of drug-likeness (QED) is 0.789. The third-order valence-electron chi connectivity index (χ3n) is 4.62. The van der Waals surface area contributed by atoms with E-state index in [4.69, 9.17) is 9.47 Å². The summed E-state index contributed by atoms with van der Waals surface area (Å²) in [7, 11) is -3.21. The molecule has 2 aliphatic heterocycles. The molecule has 8 heteroatoms. The van der Waals surface area contributed by atoms with Gasteiger partial charge in [0.05, 0.1) is 12.7 Å². The first-order valence-electron chi connectivity index (χ1n) is 8.46. The van der Waals surface area contributed by atoms with Crippen molar-refractivity contribution in [3.05, 3.63) is 23.3 Å². The average Bonchev–Trinajstić information content (AvgIpc) is 2.81. The fourth-order valence-electron chi connectivity index (χ4n) is 3.17. The van der Waals surface area contributed by atoms with Crippen LogP contribution in [-0.4, -0.2) is 69.2 Å². The number of fused-ring (bicyclic) bond motifs is 1. The van der Waals surface area contributed by atoms with Crippen LogP contribution in [0.3, 0.4) is 0 Å². The molecule has 1 aromatic carbocycles. The van der Waals surface area contributed by atoms with E-state index in [1.165, 1.54) is 10.6 Å². The first-order valence-corrected chi connectivity index (χ1v) is 10.3.